The molecule has 1 atom stereocenters. The van der Waals surface area contributed by atoms with E-state index < -0.39 is 0 Å². The van der Waals surface area contributed by atoms with Crippen LogP contribution in [0.2, 0.25) is 0 Å². The highest BCUT2D eigenvalue weighted by atomic mass is 16.2. The molecule has 1 unspecified atom stereocenters. The van der Waals surface area contributed by atoms with E-state index in [1.165, 1.54) is 12.8 Å². The fourth-order valence-corrected chi connectivity index (χ4v) is 2.81. The largest absolute Gasteiger partial charge is 0.343 e. The average molecular weight is 268 g/mol. The van der Waals surface area contributed by atoms with Crippen LogP contribution >= 0.6 is 0 Å². The summed E-state index contributed by atoms with van der Waals surface area (Å²) in [6.45, 7) is 12.7. The number of amides is 1. The number of hydrogen-bond acceptors (Lipinski definition) is 2. The lowest BCUT2D eigenvalue weighted by Gasteiger charge is -2.41. The predicted octanol–water partition coefficient (Wildman–Crippen LogP) is 3.18. The van der Waals surface area contributed by atoms with Gasteiger partial charge in [-0.05, 0) is 23.7 Å². The monoisotopic (exact) mass is 268 g/mol. The molecule has 0 aliphatic carbocycles. The van der Waals surface area contributed by atoms with Gasteiger partial charge in [0, 0.05) is 25.6 Å². The third-order valence-corrected chi connectivity index (χ3v) is 5.18. The van der Waals surface area contributed by atoms with Gasteiger partial charge < -0.3 is 10.6 Å². The maximum Gasteiger partial charge on any atom is 0.224 e. The molecule has 0 aromatic carbocycles. The van der Waals surface area contributed by atoms with Crippen molar-refractivity contribution in [2.75, 3.05) is 13.1 Å². The number of likely N-dealkylation sites (tertiary alicyclic amines) is 1. The first-order chi connectivity index (χ1) is 8.74. The molecular formula is C16H32N2O. The number of hydrogen-bond donors (Lipinski definition) is 1. The van der Waals surface area contributed by atoms with Crippen LogP contribution in [-0.2, 0) is 4.79 Å². The van der Waals surface area contributed by atoms with E-state index in [4.69, 9.17) is 5.73 Å². The van der Waals surface area contributed by atoms with E-state index in [0.717, 1.165) is 25.9 Å². The molecule has 19 heavy (non-hydrogen) atoms. The normalized spacial score (nSPS) is 21.3. The summed E-state index contributed by atoms with van der Waals surface area (Å²) in [4.78, 5) is 14.3. The summed E-state index contributed by atoms with van der Waals surface area (Å²) >= 11 is 0. The van der Waals surface area contributed by atoms with Crippen molar-refractivity contribution in [2.24, 2.45) is 16.6 Å². The minimum Gasteiger partial charge on any atom is -0.343 e. The van der Waals surface area contributed by atoms with Crippen LogP contribution in [0.3, 0.4) is 0 Å². The second-order valence-electron chi connectivity index (χ2n) is 7.26. The van der Waals surface area contributed by atoms with Crippen LogP contribution in [0.5, 0.6) is 0 Å². The summed E-state index contributed by atoms with van der Waals surface area (Å²) in [5.41, 5.74) is 6.59. The minimum atomic E-state index is -0.0518. The van der Waals surface area contributed by atoms with Gasteiger partial charge >= 0.3 is 0 Å². The molecule has 0 spiro atoms. The Morgan fingerprint density at radius 1 is 1.21 bits per heavy atom. The highest BCUT2D eigenvalue weighted by Gasteiger charge is 2.34. The van der Waals surface area contributed by atoms with Gasteiger partial charge in [-0.1, -0.05) is 47.5 Å². The Labute approximate surface area is 118 Å². The molecule has 112 valence electrons. The van der Waals surface area contributed by atoms with Crippen molar-refractivity contribution in [2.45, 2.75) is 72.8 Å². The highest BCUT2D eigenvalue weighted by Crippen LogP contribution is 2.38. The molecule has 3 nitrogen and oxygen atoms in total. The van der Waals surface area contributed by atoms with Gasteiger partial charge in [-0.25, -0.2) is 0 Å². The van der Waals surface area contributed by atoms with Gasteiger partial charge in [0.1, 0.15) is 0 Å². The van der Waals surface area contributed by atoms with Gasteiger partial charge in [-0.2, -0.15) is 0 Å². The molecule has 0 aromatic heterocycles. The van der Waals surface area contributed by atoms with Crippen molar-refractivity contribution in [1.82, 2.24) is 4.90 Å². The minimum absolute atomic E-state index is 0.00203. The second kappa shape index (κ2) is 6.25. The van der Waals surface area contributed by atoms with E-state index >= 15 is 0 Å². The molecule has 1 heterocycles. The molecule has 1 rings (SSSR count). The van der Waals surface area contributed by atoms with Gasteiger partial charge in [0.25, 0.3) is 0 Å². The third kappa shape index (κ3) is 4.20. The summed E-state index contributed by atoms with van der Waals surface area (Å²) in [5.74, 6) is 0.239. The lowest BCUT2D eigenvalue weighted by Crippen LogP contribution is -2.46. The Morgan fingerprint density at radius 3 is 2.05 bits per heavy atom. The zero-order chi connectivity index (χ0) is 14.7. The first-order valence-corrected chi connectivity index (χ1v) is 7.77. The van der Waals surface area contributed by atoms with Crippen molar-refractivity contribution in [3.63, 3.8) is 0 Å². The second-order valence-corrected chi connectivity index (χ2v) is 7.26. The van der Waals surface area contributed by atoms with E-state index in [2.05, 4.69) is 34.6 Å². The molecule has 0 radical (unpaired) electrons. The molecule has 3 heteroatoms. The molecular weight excluding hydrogens is 236 g/mol. The van der Waals surface area contributed by atoms with E-state index in [9.17, 15) is 4.79 Å². The lowest BCUT2D eigenvalue weighted by atomic mass is 9.74. The summed E-state index contributed by atoms with van der Waals surface area (Å²) in [6.07, 6.45) is 5.24. The van der Waals surface area contributed by atoms with Crippen molar-refractivity contribution in [3.05, 3.63) is 0 Å². The quantitative estimate of drug-likeness (QED) is 0.851. The maximum absolute atomic E-state index is 12.3. The number of carbonyl (C=O) groups is 1. The van der Waals surface area contributed by atoms with Crippen LogP contribution < -0.4 is 5.73 Å². The Hall–Kier alpha value is -0.570. The van der Waals surface area contributed by atoms with Crippen LogP contribution in [0.15, 0.2) is 0 Å². The number of carbonyl (C=O) groups excluding carboxylic acids is 1. The Kier molecular flexibility index (Phi) is 5.43. The SMILES string of the molecule is CCC1(CC)CCN(C(=O)CC(N)C(C)(C)C)CC1. The standard InChI is InChI=1S/C16H32N2O/c1-6-16(7-2)8-10-18(11-9-16)14(19)12-13(17)15(3,4)5/h13H,6-12,17H2,1-5H3. The molecule has 2 N–H and O–H groups in total. The number of rotatable bonds is 4. The molecule has 1 amide bonds. The topological polar surface area (TPSA) is 46.3 Å². The Morgan fingerprint density at radius 2 is 1.68 bits per heavy atom. The fraction of sp³-hybridized carbons (Fsp3) is 0.938. The molecule has 0 saturated carbocycles. The number of nitrogens with two attached hydrogens (primary N) is 1. The molecule has 1 fully saturated rings. The van der Waals surface area contributed by atoms with Crippen LogP contribution in [0.25, 0.3) is 0 Å². The summed E-state index contributed by atoms with van der Waals surface area (Å²) in [6, 6.07) is -0.0518. The molecule has 0 aromatic rings. The first-order valence-electron chi connectivity index (χ1n) is 7.77. The van der Waals surface area contributed by atoms with Crippen molar-refractivity contribution in [1.29, 1.82) is 0 Å². The number of nitrogens with zero attached hydrogens (tertiary/aromatic N) is 1. The lowest BCUT2D eigenvalue weighted by molar-refractivity contribution is -0.134. The van der Waals surface area contributed by atoms with Gasteiger partial charge in [0.2, 0.25) is 5.91 Å². The van der Waals surface area contributed by atoms with Gasteiger partial charge in [0.15, 0.2) is 0 Å². The van der Waals surface area contributed by atoms with Crippen molar-refractivity contribution >= 4 is 5.91 Å². The zero-order valence-electron chi connectivity index (χ0n) is 13.5. The number of piperidine rings is 1. The van der Waals surface area contributed by atoms with Crippen LogP contribution in [0.4, 0.5) is 0 Å². The Bertz CT molecular complexity index is 292. The fourth-order valence-electron chi connectivity index (χ4n) is 2.81. The van der Waals surface area contributed by atoms with Crippen LogP contribution in [0, 0.1) is 10.8 Å². The van der Waals surface area contributed by atoms with Crippen molar-refractivity contribution < 1.29 is 4.79 Å². The molecule has 0 bridgehead atoms. The molecule has 1 aliphatic heterocycles. The predicted molar refractivity (Wildman–Crippen MR) is 80.9 cm³/mol. The molecule has 1 aliphatic rings. The average Bonchev–Trinajstić information content (AvgIpc) is 2.37. The highest BCUT2D eigenvalue weighted by molar-refractivity contribution is 5.77. The summed E-state index contributed by atoms with van der Waals surface area (Å²) < 4.78 is 0. The van der Waals surface area contributed by atoms with Crippen molar-refractivity contribution in [3.8, 4) is 0 Å². The molecule has 1 saturated heterocycles. The third-order valence-electron chi connectivity index (χ3n) is 5.18. The smallest absolute Gasteiger partial charge is 0.224 e. The zero-order valence-corrected chi connectivity index (χ0v) is 13.5. The maximum atomic E-state index is 12.3. The summed E-state index contributed by atoms with van der Waals surface area (Å²) in [7, 11) is 0. The first kappa shape index (κ1) is 16.5. The van der Waals surface area contributed by atoms with Gasteiger partial charge in [-0.3, -0.25) is 4.79 Å². The van der Waals surface area contributed by atoms with E-state index in [0.29, 0.717) is 11.8 Å². The van der Waals surface area contributed by atoms with Crippen LogP contribution in [-0.4, -0.2) is 29.9 Å². The summed E-state index contributed by atoms with van der Waals surface area (Å²) in [5, 5.41) is 0. The van der Waals surface area contributed by atoms with Gasteiger partial charge in [-0.15, -0.1) is 0 Å². The van der Waals surface area contributed by atoms with E-state index in [1.54, 1.807) is 0 Å². The van der Waals surface area contributed by atoms with Crippen LogP contribution in [0.1, 0.15) is 66.7 Å². The van der Waals surface area contributed by atoms with E-state index in [-0.39, 0.29) is 17.4 Å². The van der Waals surface area contributed by atoms with E-state index in [1.807, 2.05) is 4.90 Å². The Balaban J connectivity index is 2.50. The van der Waals surface area contributed by atoms with Gasteiger partial charge in [0.05, 0.1) is 0 Å².